The van der Waals surface area contributed by atoms with Gasteiger partial charge in [-0.3, -0.25) is 0 Å². The third kappa shape index (κ3) is 5.82. The molecule has 0 aliphatic rings. The summed E-state index contributed by atoms with van der Waals surface area (Å²) in [6.45, 7) is 10.5. The van der Waals surface area contributed by atoms with Gasteiger partial charge < -0.3 is 10.1 Å². The third-order valence-corrected chi connectivity index (χ3v) is 3.65. The van der Waals surface area contributed by atoms with Gasteiger partial charge in [0, 0.05) is 17.7 Å². The maximum atomic E-state index is 6.08. The van der Waals surface area contributed by atoms with Crippen LogP contribution in [0.1, 0.15) is 39.7 Å². The molecule has 0 fully saturated rings. The Morgan fingerprint density at radius 2 is 2.00 bits per heavy atom. The van der Waals surface area contributed by atoms with Gasteiger partial charge in [0.05, 0.1) is 6.10 Å². The molecular weight excluding hydrogens is 270 g/mol. The highest BCUT2D eigenvalue weighted by atomic mass is 35.5. The molecule has 1 rings (SSSR count). The highest BCUT2D eigenvalue weighted by Crippen LogP contribution is 2.18. The van der Waals surface area contributed by atoms with Gasteiger partial charge in [-0.15, -0.1) is 0 Å². The zero-order valence-corrected chi connectivity index (χ0v) is 13.9. The van der Waals surface area contributed by atoms with Crippen LogP contribution in [-0.2, 0) is 11.2 Å². The second-order valence-corrected chi connectivity index (χ2v) is 6.00. The predicted molar refractivity (Wildman–Crippen MR) is 87.5 cm³/mol. The van der Waals surface area contributed by atoms with E-state index in [2.05, 4.69) is 39.1 Å². The van der Waals surface area contributed by atoms with E-state index in [1.165, 1.54) is 5.56 Å². The minimum atomic E-state index is 0.227. The Balaban J connectivity index is 2.81. The van der Waals surface area contributed by atoms with Gasteiger partial charge in [0.15, 0.2) is 0 Å². The largest absolute Gasteiger partial charge is 0.377 e. The molecule has 1 aromatic rings. The topological polar surface area (TPSA) is 21.3 Å². The molecule has 2 atom stereocenters. The highest BCUT2D eigenvalue weighted by molar-refractivity contribution is 6.30. The Hall–Kier alpha value is -0.570. The monoisotopic (exact) mass is 297 g/mol. The van der Waals surface area contributed by atoms with Gasteiger partial charge >= 0.3 is 0 Å². The van der Waals surface area contributed by atoms with Gasteiger partial charge in [-0.25, -0.2) is 0 Å². The molecule has 0 heterocycles. The van der Waals surface area contributed by atoms with E-state index in [1.54, 1.807) is 0 Å². The first-order valence-corrected chi connectivity index (χ1v) is 8.05. The average Bonchev–Trinajstić information content (AvgIpc) is 2.41. The van der Waals surface area contributed by atoms with Crippen LogP contribution in [0.3, 0.4) is 0 Å². The van der Waals surface area contributed by atoms with E-state index in [0.29, 0.717) is 12.0 Å². The lowest BCUT2D eigenvalue weighted by atomic mass is 9.93. The summed E-state index contributed by atoms with van der Waals surface area (Å²) in [4.78, 5) is 0. The van der Waals surface area contributed by atoms with Gasteiger partial charge in [0.25, 0.3) is 0 Å². The fourth-order valence-corrected chi connectivity index (χ4v) is 2.73. The van der Waals surface area contributed by atoms with Gasteiger partial charge in [-0.05, 0) is 49.9 Å². The predicted octanol–water partition coefficient (Wildman–Crippen LogP) is 4.31. The van der Waals surface area contributed by atoms with Crippen molar-refractivity contribution in [2.45, 2.75) is 52.7 Å². The van der Waals surface area contributed by atoms with Crippen molar-refractivity contribution < 1.29 is 4.74 Å². The van der Waals surface area contributed by atoms with Crippen molar-refractivity contribution in [3.05, 3.63) is 34.9 Å². The molecule has 20 heavy (non-hydrogen) atoms. The van der Waals surface area contributed by atoms with E-state index >= 15 is 0 Å². The maximum Gasteiger partial charge on any atom is 0.0753 e. The Labute approximate surface area is 128 Å². The maximum absolute atomic E-state index is 6.08. The number of ether oxygens (including phenoxy) is 1. The molecule has 0 bridgehead atoms. The summed E-state index contributed by atoms with van der Waals surface area (Å²) in [6, 6.07) is 8.44. The summed E-state index contributed by atoms with van der Waals surface area (Å²) >= 11 is 6.08. The minimum absolute atomic E-state index is 0.227. The van der Waals surface area contributed by atoms with Crippen LogP contribution in [0.15, 0.2) is 24.3 Å². The first-order valence-electron chi connectivity index (χ1n) is 7.67. The van der Waals surface area contributed by atoms with Crippen LogP contribution in [0.5, 0.6) is 0 Å². The van der Waals surface area contributed by atoms with Crippen LogP contribution in [0, 0.1) is 5.92 Å². The van der Waals surface area contributed by atoms with Crippen molar-refractivity contribution in [3.8, 4) is 0 Å². The van der Waals surface area contributed by atoms with Gasteiger partial charge in [-0.2, -0.15) is 0 Å². The SMILES string of the molecule is CCCNC(Cc1cccc(Cl)c1)C(OCC)C(C)C. The van der Waals surface area contributed by atoms with E-state index in [4.69, 9.17) is 16.3 Å². The van der Waals surface area contributed by atoms with Crippen molar-refractivity contribution in [2.24, 2.45) is 5.92 Å². The number of hydrogen-bond donors (Lipinski definition) is 1. The molecule has 0 aromatic heterocycles. The molecular formula is C17H28ClNO. The van der Waals surface area contributed by atoms with Crippen LogP contribution in [0.2, 0.25) is 5.02 Å². The van der Waals surface area contributed by atoms with Crippen molar-refractivity contribution in [1.29, 1.82) is 0 Å². The molecule has 1 N–H and O–H groups in total. The van der Waals surface area contributed by atoms with Gasteiger partial charge in [0.1, 0.15) is 0 Å². The molecule has 2 nitrogen and oxygen atoms in total. The summed E-state index contributed by atoms with van der Waals surface area (Å²) in [5.74, 6) is 0.489. The Morgan fingerprint density at radius 1 is 1.25 bits per heavy atom. The summed E-state index contributed by atoms with van der Waals surface area (Å²) in [5.41, 5.74) is 1.26. The third-order valence-electron chi connectivity index (χ3n) is 3.41. The van der Waals surface area contributed by atoms with Crippen LogP contribution in [0.25, 0.3) is 0 Å². The van der Waals surface area contributed by atoms with Crippen molar-refractivity contribution >= 4 is 11.6 Å². The lowest BCUT2D eigenvalue weighted by Gasteiger charge is -2.31. The smallest absolute Gasteiger partial charge is 0.0753 e. The van der Waals surface area contributed by atoms with E-state index in [9.17, 15) is 0 Å². The molecule has 0 saturated carbocycles. The summed E-state index contributed by atoms with van der Waals surface area (Å²) in [5, 5.41) is 4.44. The Morgan fingerprint density at radius 3 is 2.55 bits per heavy atom. The van der Waals surface area contributed by atoms with Crippen molar-refractivity contribution in [3.63, 3.8) is 0 Å². The minimum Gasteiger partial charge on any atom is -0.377 e. The fraction of sp³-hybridized carbons (Fsp3) is 0.647. The standard InChI is InChI=1S/C17H28ClNO/c1-5-10-19-16(17(13(3)4)20-6-2)12-14-8-7-9-15(18)11-14/h7-9,11,13,16-17,19H,5-6,10,12H2,1-4H3. The molecule has 0 aliphatic carbocycles. The second-order valence-electron chi connectivity index (χ2n) is 5.56. The number of halogens is 1. The van der Waals surface area contributed by atoms with E-state index in [-0.39, 0.29) is 6.10 Å². The molecule has 0 spiro atoms. The lowest BCUT2D eigenvalue weighted by Crippen LogP contribution is -2.46. The molecule has 2 unspecified atom stereocenters. The zero-order chi connectivity index (χ0) is 15.0. The number of benzene rings is 1. The van der Waals surface area contributed by atoms with Crippen molar-refractivity contribution in [2.75, 3.05) is 13.2 Å². The summed E-state index contributed by atoms with van der Waals surface area (Å²) < 4.78 is 5.97. The molecule has 114 valence electrons. The molecule has 0 amide bonds. The fourth-order valence-electron chi connectivity index (χ4n) is 2.52. The van der Waals surface area contributed by atoms with Gasteiger partial charge in [-0.1, -0.05) is 44.5 Å². The number of rotatable bonds is 9. The zero-order valence-electron chi connectivity index (χ0n) is 13.2. The molecule has 3 heteroatoms. The Kier molecular flexibility index (Phi) is 8.20. The van der Waals surface area contributed by atoms with E-state index in [1.807, 2.05) is 18.2 Å². The molecule has 0 aliphatic heterocycles. The molecule has 0 saturated heterocycles. The quantitative estimate of drug-likeness (QED) is 0.733. The summed E-state index contributed by atoms with van der Waals surface area (Å²) in [7, 11) is 0. The van der Waals surface area contributed by atoms with E-state index < -0.39 is 0 Å². The molecule has 1 aromatic carbocycles. The number of hydrogen-bond acceptors (Lipinski definition) is 2. The van der Waals surface area contributed by atoms with Crippen LogP contribution >= 0.6 is 11.6 Å². The van der Waals surface area contributed by atoms with Crippen LogP contribution < -0.4 is 5.32 Å². The first-order chi connectivity index (χ1) is 9.58. The van der Waals surface area contributed by atoms with E-state index in [0.717, 1.165) is 31.0 Å². The highest BCUT2D eigenvalue weighted by Gasteiger charge is 2.24. The average molecular weight is 298 g/mol. The first kappa shape index (κ1) is 17.5. The van der Waals surface area contributed by atoms with Crippen LogP contribution in [-0.4, -0.2) is 25.3 Å². The lowest BCUT2D eigenvalue weighted by molar-refractivity contribution is 0.00362. The Bertz CT molecular complexity index is 381. The van der Waals surface area contributed by atoms with Gasteiger partial charge in [0.2, 0.25) is 0 Å². The van der Waals surface area contributed by atoms with Crippen molar-refractivity contribution in [1.82, 2.24) is 5.32 Å². The molecule has 0 radical (unpaired) electrons. The summed E-state index contributed by atoms with van der Waals surface area (Å²) in [6.07, 6.45) is 2.30. The normalized spacial score (nSPS) is 14.5. The number of nitrogens with one attached hydrogen (secondary N) is 1. The second kappa shape index (κ2) is 9.38. The van der Waals surface area contributed by atoms with Crippen LogP contribution in [0.4, 0.5) is 0 Å².